The third kappa shape index (κ3) is 5.61. The number of rotatable bonds is 5. The summed E-state index contributed by atoms with van der Waals surface area (Å²) < 4.78 is 0. The molecule has 0 radical (unpaired) electrons. The average molecular weight is 582 g/mol. The van der Waals surface area contributed by atoms with Gasteiger partial charge in [0.05, 0.1) is 23.8 Å². The number of likely N-dealkylation sites (tertiary alicyclic amines) is 1. The number of benzene rings is 1. The second-order valence-corrected chi connectivity index (χ2v) is 11.1. The van der Waals surface area contributed by atoms with Gasteiger partial charge in [-0.1, -0.05) is 18.5 Å². The normalized spacial score (nSPS) is 21.4. The van der Waals surface area contributed by atoms with E-state index >= 15 is 0 Å². The smallest absolute Gasteiger partial charge is 0.407 e. The number of amides is 3. The minimum atomic E-state index is -1.05. The molecular weight excluding hydrogens is 551 g/mol. The molecule has 1 saturated heterocycles. The Kier molecular flexibility index (Phi) is 8.51. The highest BCUT2D eigenvalue weighted by atomic mass is 35.5. The van der Waals surface area contributed by atoms with Crippen LogP contribution in [0.2, 0.25) is 5.02 Å². The molecule has 1 fully saturated rings. The highest BCUT2D eigenvalue weighted by molar-refractivity contribution is 7.13. The summed E-state index contributed by atoms with van der Waals surface area (Å²) in [5, 5.41) is 17.6. The van der Waals surface area contributed by atoms with Gasteiger partial charge in [-0.05, 0) is 44.2 Å². The van der Waals surface area contributed by atoms with E-state index in [1.54, 1.807) is 24.3 Å². The number of H-pyrrole nitrogens is 1. The lowest BCUT2D eigenvalue weighted by Gasteiger charge is -2.44. The minimum absolute atomic E-state index is 0. The van der Waals surface area contributed by atoms with E-state index in [2.05, 4.69) is 25.5 Å². The molecule has 2 aliphatic rings. The van der Waals surface area contributed by atoms with E-state index in [4.69, 9.17) is 11.6 Å². The van der Waals surface area contributed by atoms with Crippen molar-refractivity contribution in [3.63, 3.8) is 0 Å². The number of carbonyl (C=O) groups is 3. The van der Waals surface area contributed by atoms with E-state index < -0.39 is 24.2 Å². The van der Waals surface area contributed by atoms with Gasteiger partial charge in [-0.2, -0.15) is 0 Å². The van der Waals surface area contributed by atoms with E-state index in [0.29, 0.717) is 28.6 Å². The first-order chi connectivity index (χ1) is 17.7. The largest absolute Gasteiger partial charge is 0.465 e. The number of nitrogens with zero attached hydrogens (tertiary/aromatic N) is 3. The maximum Gasteiger partial charge on any atom is 0.407 e. The fourth-order valence-electron chi connectivity index (χ4n) is 5.26. The molecule has 13 heteroatoms. The fourth-order valence-corrected chi connectivity index (χ4v) is 6.53. The van der Waals surface area contributed by atoms with Gasteiger partial charge >= 0.3 is 6.09 Å². The number of halogens is 2. The van der Waals surface area contributed by atoms with Crippen molar-refractivity contribution in [2.45, 2.75) is 50.9 Å². The highest BCUT2D eigenvalue weighted by Crippen LogP contribution is 2.27. The first-order valence-electron chi connectivity index (χ1n) is 12.3. The molecule has 3 aromatic rings. The number of carboxylic acid groups (broad SMARTS) is 1. The van der Waals surface area contributed by atoms with Crippen molar-refractivity contribution in [1.82, 2.24) is 30.4 Å². The standard InChI is InChI=1S/C25H29ClN6O4S.ClH/c1-3-19-21(30-23(34)24-29-16-6-8-31(2)12-20(16)37-24)17(7-9-32(19)25(35)36)28-22(33)18-11-13-10-14(26)4-5-15(13)27-18;/h4-5,10-11,17,19,21,27H,3,6-9,12H2,1-2H3,(H,28,33)(H,30,34)(H,35,36);1H/t17-,19?,21+;/m0./s1. The first kappa shape index (κ1) is 28.2. The number of carbonyl (C=O) groups excluding carboxylic acids is 2. The number of likely N-dealkylation sites (N-methyl/N-ethyl adjacent to an activating group) is 1. The third-order valence-corrected chi connectivity index (χ3v) is 8.47. The molecule has 4 N–H and O–H groups in total. The summed E-state index contributed by atoms with van der Waals surface area (Å²) in [6, 6.07) is 5.47. The summed E-state index contributed by atoms with van der Waals surface area (Å²) in [5.74, 6) is -0.680. The molecule has 4 heterocycles. The third-order valence-electron chi connectivity index (χ3n) is 7.15. The van der Waals surface area contributed by atoms with Crippen molar-refractivity contribution in [3.05, 3.63) is 50.6 Å². The molecule has 38 heavy (non-hydrogen) atoms. The van der Waals surface area contributed by atoms with Crippen LogP contribution in [0, 0.1) is 0 Å². The first-order valence-corrected chi connectivity index (χ1v) is 13.5. The molecule has 204 valence electrons. The van der Waals surface area contributed by atoms with Gasteiger partial charge in [0.25, 0.3) is 11.8 Å². The number of fused-ring (bicyclic) bond motifs is 2. The summed E-state index contributed by atoms with van der Waals surface area (Å²) in [6.07, 6.45) is 0.590. The number of aromatic nitrogens is 2. The molecule has 1 aromatic carbocycles. The van der Waals surface area contributed by atoms with Crippen molar-refractivity contribution in [2.24, 2.45) is 0 Å². The number of hydrogen-bond acceptors (Lipinski definition) is 6. The van der Waals surface area contributed by atoms with E-state index in [0.717, 1.165) is 41.0 Å². The van der Waals surface area contributed by atoms with E-state index in [-0.39, 0.29) is 30.8 Å². The Morgan fingerprint density at radius 3 is 2.74 bits per heavy atom. The van der Waals surface area contributed by atoms with Crippen LogP contribution in [-0.2, 0) is 13.0 Å². The number of nitrogens with one attached hydrogen (secondary N) is 3. The van der Waals surface area contributed by atoms with Gasteiger partial charge in [-0.15, -0.1) is 23.7 Å². The monoisotopic (exact) mass is 580 g/mol. The van der Waals surface area contributed by atoms with Crippen LogP contribution in [0.1, 0.15) is 50.6 Å². The second kappa shape index (κ2) is 11.5. The maximum atomic E-state index is 13.3. The Morgan fingerprint density at radius 2 is 2.00 bits per heavy atom. The van der Waals surface area contributed by atoms with E-state index in [1.165, 1.54) is 16.2 Å². The van der Waals surface area contributed by atoms with E-state index in [9.17, 15) is 19.5 Å². The SMILES string of the molecule is CCC1[C@H](NC(=O)c2nc3c(s2)CN(C)CC3)[C@@H](NC(=O)c2cc3cc(Cl)ccc3[nH]2)CCN1C(=O)O.Cl. The van der Waals surface area contributed by atoms with Crippen LogP contribution in [0.25, 0.3) is 10.9 Å². The average Bonchev–Trinajstić information content (AvgIpc) is 3.48. The van der Waals surface area contributed by atoms with Crippen LogP contribution >= 0.6 is 35.3 Å². The molecule has 0 spiro atoms. The zero-order chi connectivity index (χ0) is 26.3. The molecule has 3 amide bonds. The lowest BCUT2D eigenvalue weighted by Crippen LogP contribution is -2.66. The topological polar surface area (TPSA) is 131 Å². The molecular formula is C25H30Cl2N6O4S. The van der Waals surface area contributed by atoms with Crippen LogP contribution in [0.4, 0.5) is 4.79 Å². The molecule has 2 aromatic heterocycles. The number of hydrogen-bond donors (Lipinski definition) is 4. The predicted molar refractivity (Wildman–Crippen MR) is 149 cm³/mol. The molecule has 1 unspecified atom stereocenters. The molecule has 0 saturated carbocycles. The van der Waals surface area contributed by atoms with Crippen molar-refractivity contribution in [2.75, 3.05) is 20.1 Å². The summed E-state index contributed by atoms with van der Waals surface area (Å²) in [4.78, 5) is 50.8. The van der Waals surface area contributed by atoms with Crippen LogP contribution in [0.15, 0.2) is 24.3 Å². The number of thiazole rings is 1. The Bertz CT molecular complexity index is 1360. The van der Waals surface area contributed by atoms with Crippen LogP contribution in [-0.4, -0.2) is 81.0 Å². The molecule has 3 atom stereocenters. The summed E-state index contributed by atoms with van der Waals surface area (Å²) in [5.41, 5.74) is 2.09. The zero-order valence-corrected chi connectivity index (χ0v) is 23.4. The number of piperidine rings is 1. The Morgan fingerprint density at radius 1 is 1.21 bits per heavy atom. The molecule has 10 nitrogen and oxygen atoms in total. The summed E-state index contributed by atoms with van der Waals surface area (Å²) in [6.45, 7) is 3.77. The number of aromatic amines is 1. The van der Waals surface area contributed by atoms with E-state index in [1.807, 2.05) is 14.0 Å². The van der Waals surface area contributed by atoms with Gasteiger partial charge in [0.15, 0.2) is 5.01 Å². The molecule has 0 bridgehead atoms. The Labute approximate surface area is 235 Å². The zero-order valence-electron chi connectivity index (χ0n) is 21.0. The fraction of sp³-hybridized carbons (Fsp3) is 0.440. The Hall–Kier alpha value is -2.86. The predicted octanol–water partition coefficient (Wildman–Crippen LogP) is 3.75. The quantitative estimate of drug-likeness (QED) is 0.363. The second-order valence-electron chi connectivity index (χ2n) is 9.61. The van der Waals surface area contributed by atoms with Crippen molar-refractivity contribution < 1.29 is 19.5 Å². The lowest BCUT2D eigenvalue weighted by molar-refractivity contribution is 0.0604. The lowest BCUT2D eigenvalue weighted by atomic mass is 9.89. The Balaban J connectivity index is 0.00000336. The van der Waals surface area contributed by atoms with Crippen LogP contribution in [0.3, 0.4) is 0 Å². The van der Waals surface area contributed by atoms with Crippen LogP contribution < -0.4 is 10.6 Å². The maximum absolute atomic E-state index is 13.3. The van der Waals surface area contributed by atoms with Gasteiger partial charge in [-0.25, -0.2) is 9.78 Å². The van der Waals surface area contributed by atoms with Crippen LogP contribution in [0.5, 0.6) is 0 Å². The molecule has 5 rings (SSSR count). The van der Waals surface area contributed by atoms with Gasteiger partial charge in [0, 0.05) is 46.9 Å². The van der Waals surface area contributed by atoms with Gasteiger partial charge in [0.2, 0.25) is 0 Å². The van der Waals surface area contributed by atoms with Gasteiger partial charge in [0.1, 0.15) is 5.69 Å². The van der Waals surface area contributed by atoms with Gasteiger partial charge in [-0.3, -0.25) is 9.59 Å². The summed E-state index contributed by atoms with van der Waals surface area (Å²) in [7, 11) is 2.03. The highest BCUT2D eigenvalue weighted by Gasteiger charge is 2.41. The summed E-state index contributed by atoms with van der Waals surface area (Å²) >= 11 is 7.45. The molecule has 0 aliphatic carbocycles. The minimum Gasteiger partial charge on any atom is -0.465 e. The van der Waals surface area contributed by atoms with Crippen molar-refractivity contribution in [1.29, 1.82) is 0 Å². The van der Waals surface area contributed by atoms with Gasteiger partial charge < -0.3 is 30.5 Å². The van der Waals surface area contributed by atoms with Crippen molar-refractivity contribution >= 4 is 64.2 Å². The molecule has 2 aliphatic heterocycles. The van der Waals surface area contributed by atoms with Crippen molar-refractivity contribution in [3.8, 4) is 0 Å².